The molecule has 0 radical (unpaired) electrons. The summed E-state index contributed by atoms with van der Waals surface area (Å²) in [5.74, 6) is 0.925. The molecule has 0 bridgehead atoms. The Morgan fingerprint density at radius 1 is 1.35 bits per heavy atom. The molecule has 1 fully saturated rings. The minimum atomic E-state index is -3.17. The second-order valence-electron chi connectivity index (χ2n) is 4.24. The maximum absolute atomic E-state index is 9.41. The Hall–Kier alpha value is -0.170. The molecule has 1 aliphatic rings. The Morgan fingerprint density at radius 2 is 1.82 bits per heavy atom. The van der Waals surface area contributed by atoms with Crippen molar-refractivity contribution in [2.45, 2.75) is 33.6 Å². The molecule has 1 atom stereocenters. The topological polar surface area (TPSA) is 84.2 Å². The summed E-state index contributed by atoms with van der Waals surface area (Å²) < 4.78 is 18.8. The van der Waals surface area contributed by atoms with Crippen LogP contribution in [0, 0.1) is 5.92 Å². The lowest BCUT2D eigenvalue weighted by molar-refractivity contribution is 0.405. The number of hydrogen-bond donors (Lipinski definition) is 3. The maximum Gasteiger partial charge on any atom is 0.206 e. The molecule has 0 saturated carbocycles. The van der Waals surface area contributed by atoms with E-state index in [1.807, 2.05) is 0 Å². The Morgan fingerprint density at radius 3 is 1.94 bits per heavy atom. The van der Waals surface area contributed by atoms with Crippen LogP contribution in [0.15, 0.2) is 0 Å². The summed E-state index contributed by atoms with van der Waals surface area (Å²) in [4.78, 5) is 0. The molecule has 5 nitrogen and oxygen atoms in total. The molecule has 1 heterocycles. The van der Waals surface area contributed by atoms with Gasteiger partial charge in [0.1, 0.15) is 0 Å². The van der Waals surface area contributed by atoms with Crippen LogP contribution in [-0.2, 0) is 10.0 Å². The fraction of sp³-hybridized carbons (Fsp3) is 1.00. The summed E-state index contributed by atoms with van der Waals surface area (Å²) in [7, 11) is -3.17. The molecule has 1 aliphatic heterocycles. The molecular weight excluding hydrogens is 238 g/mol. The lowest BCUT2D eigenvalue weighted by atomic mass is 10.0. The van der Waals surface area contributed by atoms with E-state index in [2.05, 4.69) is 36.5 Å². The molecule has 1 rings (SSSR count). The van der Waals surface area contributed by atoms with E-state index in [0.29, 0.717) is 0 Å². The van der Waals surface area contributed by atoms with Crippen LogP contribution in [0.3, 0.4) is 0 Å². The molecule has 0 aromatic carbocycles. The third-order valence-electron chi connectivity index (χ3n) is 2.04. The van der Waals surface area contributed by atoms with Crippen molar-refractivity contribution in [1.29, 1.82) is 0 Å². The van der Waals surface area contributed by atoms with Gasteiger partial charge in [0, 0.05) is 0 Å². The average molecular weight is 267 g/mol. The minimum Gasteiger partial charge on any atom is -0.317 e. The van der Waals surface area contributed by atoms with E-state index in [4.69, 9.17) is 0 Å². The predicted molar refractivity (Wildman–Crippen MR) is 74.5 cm³/mol. The maximum atomic E-state index is 9.41. The van der Waals surface area contributed by atoms with Crippen molar-refractivity contribution in [2.24, 2.45) is 11.1 Å². The first kappa shape index (κ1) is 19.2. The van der Waals surface area contributed by atoms with Crippen LogP contribution < -0.4 is 15.8 Å². The summed E-state index contributed by atoms with van der Waals surface area (Å²) >= 11 is 0. The highest BCUT2D eigenvalue weighted by atomic mass is 32.2. The Bertz CT molecular complexity index is 227. The summed E-state index contributed by atoms with van der Waals surface area (Å²) in [5, 5.41) is 10.8. The number of nitrogens with two attached hydrogens (primary N) is 1. The summed E-state index contributed by atoms with van der Waals surface area (Å²) in [6, 6.07) is 0. The van der Waals surface area contributed by atoms with Crippen LogP contribution in [0.4, 0.5) is 0 Å². The van der Waals surface area contributed by atoms with Gasteiger partial charge in [0.2, 0.25) is 10.0 Å². The molecule has 1 saturated heterocycles. The van der Waals surface area contributed by atoms with Crippen LogP contribution in [0.1, 0.15) is 33.6 Å². The zero-order valence-electron chi connectivity index (χ0n) is 11.6. The van der Waals surface area contributed by atoms with Crippen LogP contribution in [0.25, 0.3) is 0 Å². The number of nitrogens with one attached hydrogen (secondary N) is 2. The molecule has 1 unspecified atom stereocenters. The molecule has 106 valence electrons. The van der Waals surface area contributed by atoms with Gasteiger partial charge in [-0.05, 0) is 44.9 Å². The fourth-order valence-electron chi connectivity index (χ4n) is 1.28. The van der Waals surface area contributed by atoms with Gasteiger partial charge in [0.25, 0.3) is 0 Å². The number of primary sulfonamides is 1. The zero-order chi connectivity index (χ0) is 13.7. The molecule has 6 heteroatoms. The van der Waals surface area contributed by atoms with E-state index in [0.717, 1.165) is 25.3 Å². The van der Waals surface area contributed by atoms with E-state index < -0.39 is 10.0 Å². The second-order valence-corrected chi connectivity index (χ2v) is 5.90. The van der Waals surface area contributed by atoms with Gasteiger partial charge in [-0.3, -0.25) is 0 Å². The average Bonchev–Trinajstić information content (AvgIpc) is 2.18. The molecule has 0 aromatic heterocycles. The standard InChI is InChI=1S/C6H13N.C4H11N.CH5NO2S/c1-6-3-2-4-7-5-6;1-3-5-4-2;1-5(2,3)4/h6-7H,2-5H2,1H3;5H,3-4H2,1-2H3;1H3,(H2,2,3,4). The van der Waals surface area contributed by atoms with Crippen molar-refractivity contribution >= 4 is 10.0 Å². The Balaban J connectivity index is 0. The first-order valence-electron chi connectivity index (χ1n) is 6.20. The van der Waals surface area contributed by atoms with Gasteiger partial charge in [-0.2, -0.15) is 0 Å². The molecule has 0 aromatic rings. The van der Waals surface area contributed by atoms with Gasteiger partial charge in [-0.15, -0.1) is 0 Å². The van der Waals surface area contributed by atoms with Crippen LogP contribution in [0.5, 0.6) is 0 Å². The second kappa shape index (κ2) is 12.3. The molecule has 4 N–H and O–H groups in total. The lowest BCUT2D eigenvalue weighted by Crippen LogP contribution is -2.27. The van der Waals surface area contributed by atoms with Crippen molar-refractivity contribution in [1.82, 2.24) is 10.6 Å². The monoisotopic (exact) mass is 267 g/mol. The number of sulfonamides is 1. The number of hydrogen-bond acceptors (Lipinski definition) is 4. The molecule has 0 aliphatic carbocycles. The minimum absolute atomic E-state index is 0.925. The highest BCUT2D eigenvalue weighted by Crippen LogP contribution is 2.06. The lowest BCUT2D eigenvalue weighted by Gasteiger charge is -2.17. The quantitative estimate of drug-likeness (QED) is 0.681. The van der Waals surface area contributed by atoms with E-state index in [-0.39, 0.29) is 0 Å². The van der Waals surface area contributed by atoms with E-state index >= 15 is 0 Å². The summed E-state index contributed by atoms with van der Waals surface area (Å²) in [6.07, 6.45) is 3.74. The van der Waals surface area contributed by atoms with Crippen molar-refractivity contribution in [3.05, 3.63) is 0 Å². The number of rotatable bonds is 2. The molecular formula is C11H29N3O2S. The summed E-state index contributed by atoms with van der Waals surface area (Å²) in [5.41, 5.74) is 0. The fourth-order valence-corrected chi connectivity index (χ4v) is 1.28. The Kier molecular flexibility index (Phi) is 13.9. The normalized spacial score (nSPS) is 19.5. The van der Waals surface area contributed by atoms with Crippen molar-refractivity contribution in [3.8, 4) is 0 Å². The SMILES string of the molecule is CC1CCCNC1.CCNCC.CS(N)(=O)=O. The van der Waals surface area contributed by atoms with E-state index in [1.165, 1.54) is 25.9 Å². The molecule has 0 amide bonds. The van der Waals surface area contributed by atoms with Gasteiger partial charge in [-0.25, -0.2) is 13.6 Å². The first-order chi connectivity index (χ1) is 7.81. The van der Waals surface area contributed by atoms with Crippen molar-refractivity contribution < 1.29 is 8.42 Å². The first-order valence-corrected chi connectivity index (χ1v) is 8.15. The van der Waals surface area contributed by atoms with Crippen molar-refractivity contribution in [3.63, 3.8) is 0 Å². The predicted octanol–water partition coefficient (Wildman–Crippen LogP) is 0.526. The van der Waals surface area contributed by atoms with Gasteiger partial charge >= 0.3 is 0 Å². The van der Waals surface area contributed by atoms with E-state index in [9.17, 15) is 8.42 Å². The van der Waals surface area contributed by atoms with E-state index in [1.54, 1.807) is 0 Å². The van der Waals surface area contributed by atoms with Crippen LogP contribution in [-0.4, -0.2) is 40.9 Å². The van der Waals surface area contributed by atoms with Gasteiger partial charge in [0.15, 0.2) is 0 Å². The van der Waals surface area contributed by atoms with Crippen molar-refractivity contribution in [2.75, 3.05) is 32.4 Å². The van der Waals surface area contributed by atoms with Crippen LogP contribution in [0.2, 0.25) is 0 Å². The Labute approximate surface area is 107 Å². The molecule has 17 heavy (non-hydrogen) atoms. The van der Waals surface area contributed by atoms with Crippen LogP contribution >= 0.6 is 0 Å². The number of piperidine rings is 1. The third kappa shape index (κ3) is 31.3. The highest BCUT2D eigenvalue weighted by molar-refractivity contribution is 7.88. The van der Waals surface area contributed by atoms with Gasteiger partial charge in [-0.1, -0.05) is 20.8 Å². The third-order valence-corrected chi connectivity index (χ3v) is 2.04. The highest BCUT2D eigenvalue weighted by Gasteiger charge is 2.04. The smallest absolute Gasteiger partial charge is 0.206 e. The van der Waals surface area contributed by atoms with Gasteiger partial charge < -0.3 is 10.6 Å². The largest absolute Gasteiger partial charge is 0.317 e. The summed E-state index contributed by atoms with van der Waals surface area (Å²) in [6.45, 7) is 11.2. The van der Waals surface area contributed by atoms with Gasteiger partial charge in [0.05, 0.1) is 6.26 Å². The zero-order valence-corrected chi connectivity index (χ0v) is 12.4. The molecule has 0 spiro atoms.